The second-order valence-corrected chi connectivity index (χ2v) is 3.40. The van der Waals surface area contributed by atoms with Gasteiger partial charge in [0.05, 0.1) is 12.7 Å². The standard InChI is InChI=1S/C8H5F2IN2O/c1-14-8-4(2-12)6(11)5(3-13-8)7(9)10/h3,7H,1H3. The van der Waals surface area contributed by atoms with E-state index in [0.717, 1.165) is 6.20 Å². The van der Waals surface area contributed by atoms with Gasteiger partial charge >= 0.3 is 0 Å². The number of methoxy groups -OCH3 is 1. The van der Waals surface area contributed by atoms with Crippen LogP contribution in [0.1, 0.15) is 17.6 Å². The minimum Gasteiger partial charge on any atom is -0.480 e. The highest BCUT2D eigenvalue weighted by Crippen LogP contribution is 2.29. The highest BCUT2D eigenvalue weighted by Gasteiger charge is 2.18. The lowest BCUT2D eigenvalue weighted by Crippen LogP contribution is -1.99. The van der Waals surface area contributed by atoms with Crippen molar-refractivity contribution in [3.05, 3.63) is 20.9 Å². The fourth-order valence-corrected chi connectivity index (χ4v) is 1.62. The molecular formula is C8H5F2IN2O. The van der Waals surface area contributed by atoms with E-state index >= 15 is 0 Å². The molecule has 0 aliphatic carbocycles. The molecule has 14 heavy (non-hydrogen) atoms. The van der Waals surface area contributed by atoms with Crippen LogP contribution in [0.15, 0.2) is 6.20 Å². The first kappa shape index (κ1) is 11.1. The van der Waals surface area contributed by atoms with Gasteiger partial charge in [0, 0.05) is 9.77 Å². The second kappa shape index (κ2) is 4.50. The Morgan fingerprint density at radius 2 is 2.29 bits per heavy atom. The molecule has 1 aromatic heterocycles. The largest absolute Gasteiger partial charge is 0.480 e. The molecule has 0 unspecified atom stereocenters. The highest BCUT2D eigenvalue weighted by molar-refractivity contribution is 14.1. The van der Waals surface area contributed by atoms with E-state index in [4.69, 9.17) is 10.00 Å². The van der Waals surface area contributed by atoms with E-state index in [1.54, 1.807) is 28.7 Å². The SMILES string of the molecule is COc1ncc(C(F)F)c(I)c1C#N. The molecule has 0 bridgehead atoms. The third kappa shape index (κ3) is 1.92. The summed E-state index contributed by atoms with van der Waals surface area (Å²) in [6.07, 6.45) is -1.61. The van der Waals surface area contributed by atoms with Crippen LogP contribution in [0.25, 0.3) is 0 Å². The van der Waals surface area contributed by atoms with Gasteiger partial charge in [-0.15, -0.1) is 0 Å². The maximum absolute atomic E-state index is 12.4. The van der Waals surface area contributed by atoms with Crippen molar-refractivity contribution < 1.29 is 13.5 Å². The maximum Gasteiger partial charge on any atom is 0.266 e. The molecule has 1 heterocycles. The molecular weight excluding hydrogens is 305 g/mol. The number of ether oxygens (including phenoxy) is 1. The zero-order valence-electron chi connectivity index (χ0n) is 7.09. The molecule has 6 heteroatoms. The van der Waals surface area contributed by atoms with E-state index < -0.39 is 6.43 Å². The first-order valence-corrected chi connectivity index (χ1v) is 4.60. The van der Waals surface area contributed by atoms with Gasteiger partial charge < -0.3 is 4.74 Å². The summed E-state index contributed by atoms with van der Waals surface area (Å²) >= 11 is 1.68. The van der Waals surface area contributed by atoms with E-state index in [1.165, 1.54) is 7.11 Å². The Bertz CT molecular complexity index is 390. The van der Waals surface area contributed by atoms with Crippen LogP contribution >= 0.6 is 22.6 Å². The van der Waals surface area contributed by atoms with E-state index in [9.17, 15) is 8.78 Å². The molecule has 0 radical (unpaired) electrons. The third-order valence-corrected chi connectivity index (χ3v) is 2.71. The molecule has 0 spiro atoms. The second-order valence-electron chi connectivity index (χ2n) is 2.32. The van der Waals surface area contributed by atoms with Crippen molar-refractivity contribution in [2.24, 2.45) is 0 Å². The number of hydrogen-bond donors (Lipinski definition) is 0. The van der Waals surface area contributed by atoms with Gasteiger partial charge in [0.25, 0.3) is 6.43 Å². The van der Waals surface area contributed by atoms with Gasteiger partial charge in [0.15, 0.2) is 0 Å². The number of nitriles is 1. The fraction of sp³-hybridized carbons (Fsp3) is 0.250. The average molecular weight is 310 g/mol. The van der Waals surface area contributed by atoms with Crippen molar-refractivity contribution in [3.8, 4) is 11.9 Å². The maximum atomic E-state index is 12.4. The summed E-state index contributed by atoms with van der Waals surface area (Å²) < 4.78 is 29.7. The first-order chi connectivity index (χ1) is 6.61. The van der Waals surface area contributed by atoms with Gasteiger partial charge in [-0.3, -0.25) is 0 Å². The Labute approximate surface area is 92.8 Å². The normalized spacial score (nSPS) is 10.0. The smallest absolute Gasteiger partial charge is 0.266 e. The Hall–Kier alpha value is -0.970. The summed E-state index contributed by atoms with van der Waals surface area (Å²) in [6, 6.07) is 1.78. The molecule has 0 N–H and O–H groups in total. The van der Waals surface area contributed by atoms with E-state index in [1.807, 2.05) is 0 Å². The molecule has 0 atom stereocenters. The van der Waals surface area contributed by atoms with Crippen LogP contribution in [0, 0.1) is 14.9 Å². The van der Waals surface area contributed by atoms with Crippen molar-refractivity contribution >= 4 is 22.6 Å². The minimum absolute atomic E-state index is 0.0471. The van der Waals surface area contributed by atoms with Gasteiger partial charge in [-0.25, -0.2) is 13.8 Å². The summed E-state index contributed by atoms with van der Waals surface area (Å²) in [4.78, 5) is 3.62. The van der Waals surface area contributed by atoms with Crippen molar-refractivity contribution in [2.75, 3.05) is 7.11 Å². The molecule has 74 valence electrons. The number of nitrogens with zero attached hydrogens (tertiary/aromatic N) is 2. The molecule has 0 aliphatic rings. The quantitative estimate of drug-likeness (QED) is 0.789. The Balaban J connectivity index is 3.37. The number of alkyl halides is 2. The van der Waals surface area contributed by atoms with Gasteiger partial charge in [-0.05, 0) is 22.6 Å². The van der Waals surface area contributed by atoms with Crippen LogP contribution in [0.4, 0.5) is 8.78 Å². The average Bonchev–Trinajstić information content (AvgIpc) is 2.16. The Morgan fingerprint density at radius 1 is 1.64 bits per heavy atom. The highest BCUT2D eigenvalue weighted by atomic mass is 127. The van der Waals surface area contributed by atoms with Crippen LogP contribution in [-0.4, -0.2) is 12.1 Å². The minimum atomic E-state index is -2.63. The van der Waals surface area contributed by atoms with Crippen LogP contribution < -0.4 is 4.74 Å². The summed E-state index contributed by atoms with van der Waals surface area (Å²) in [5, 5.41) is 8.72. The summed E-state index contributed by atoms with van der Waals surface area (Å²) in [7, 11) is 1.33. The first-order valence-electron chi connectivity index (χ1n) is 3.52. The summed E-state index contributed by atoms with van der Waals surface area (Å²) in [6.45, 7) is 0. The molecule has 0 saturated heterocycles. The molecule has 0 aliphatic heterocycles. The molecule has 1 rings (SSSR count). The van der Waals surface area contributed by atoms with Crippen molar-refractivity contribution in [1.82, 2.24) is 4.98 Å². The lowest BCUT2D eigenvalue weighted by Gasteiger charge is -2.07. The van der Waals surface area contributed by atoms with Crippen molar-refractivity contribution in [2.45, 2.75) is 6.43 Å². The lowest BCUT2D eigenvalue weighted by molar-refractivity contribution is 0.149. The zero-order chi connectivity index (χ0) is 10.7. The lowest BCUT2D eigenvalue weighted by atomic mass is 10.2. The molecule has 3 nitrogen and oxygen atoms in total. The Kier molecular flexibility index (Phi) is 3.57. The van der Waals surface area contributed by atoms with Crippen LogP contribution in [0.2, 0.25) is 0 Å². The predicted octanol–water partition coefficient (Wildman–Crippen LogP) is 2.50. The summed E-state index contributed by atoms with van der Waals surface area (Å²) in [5.74, 6) is 0.0706. The number of hydrogen-bond acceptors (Lipinski definition) is 3. The number of halogens is 3. The Morgan fingerprint density at radius 3 is 2.71 bits per heavy atom. The molecule has 0 saturated carbocycles. The van der Waals surface area contributed by atoms with Crippen molar-refractivity contribution in [1.29, 1.82) is 5.26 Å². The van der Waals surface area contributed by atoms with Gasteiger partial charge in [-0.1, -0.05) is 0 Å². The number of rotatable bonds is 2. The third-order valence-electron chi connectivity index (χ3n) is 1.55. The van der Waals surface area contributed by atoms with Gasteiger partial charge in [-0.2, -0.15) is 5.26 Å². The molecule has 1 aromatic rings. The number of aromatic nitrogens is 1. The van der Waals surface area contributed by atoms with Crippen LogP contribution in [0.3, 0.4) is 0 Å². The molecule has 0 amide bonds. The predicted molar refractivity (Wildman–Crippen MR) is 53.2 cm³/mol. The van der Waals surface area contributed by atoms with E-state index in [0.29, 0.717) is 0 Å². The van der Waals surface area contributed by atoms with E-state index in [-0.39, 0.29) is 20.6 Å². The topological polar surface area (TPSA) is 45.9 Å². The van der Waals surface area contributed by atoms with Gasteiger partial charge in [0.1, 0.15) is 11.6 Å². The van der Waals surface area contributed by atoms with Gasteiger partial charge in [0.2, 0.25) is 5.88 Å². The van der Waals surface area contributed by atoms with Crippen molar-refractivity contribution in [3.63, 3.8) is 0 Å². The zero-order valence-corrected chi connectivity index (χ0v) is 9.25. The summed E-state index contributed by atoms with van der Waals surface area (Å²) in [5.41, 5.74) is -0.200. The fourth-order valence-electron chi connectivity index (χ4n) is 0.891. The molecule has 0 aromatic carbocycles. The monoisotopic (exact) mass is 310 g/mol. The van der Waals surface area contributed by atoms with E-state index in [2.05, 4.69) is 4.98 Å². The number of pyridine rings is 1. The van der Waals surface area contributed by atoms with Crippen LogP contribution in [-0.2, 0) is 0 Å². The molecule has 0 fully saturated rings. The van der Waals surface area contributed by atoms with Crippen LogP contribution in [0.5, 0.6) is 5.88 Å².